The van der Waals surface area contributed by atoms with Crippen LogP contribution in [0, 0.1) is 6.92 Å². The second-order valence-electron chi connectivity index (χ2n) is 5.77. The van der Waals surface area contributed by atoms with E-state index in [1.807, 2.05) is 0 Å². The van der Waals surface area contributed by atoms with Crippen LogP contribution in [0.4, 0.5) is 11.4 Å². The third-order valence-electron chi connectivity index (χ3n) is 3.75. The van der Waals surface area contributed by atoms with Gasteiger partial charge in [-0.25, -0.2) is 0 Å². The van der Waals surface area contributed by atoms with E-state index < -0.39 is 5.91 Å². The van der Waals surface area contributed by atoms with Crippen molar-refractivity contribution >= 4 is 46.4 Å². The first-order valence-corrected chi connectivity index (χ1v) is 8.72. The second-order valence-corrected chi connectivity index (χ2v) is 6.59. The van der Waals surface area contributed by atoms with E-state index in [2.05, 4.69) is 15.8 Å². The fraction of sp³-hybridized carbons (Fsp3) is 0.105. The number of carbonyl (C=O) groups excluding carboxylic acids is 2. The predicted molar refractivity (Wildman–Crippen MR) is 105 cm³/mol. The first-order valence-electron chi connectivity index (χ1n) is 7.96. The molecule has 3 aromatic rings. The van der Waals surface area contributed by atoms with Crippen LogP contribution in [0.15, 0.2) is 47.0 Å². The molecule has 3 rings (SSSR count). The zero-order valence-corrected chi connectivity index (χ0v) is 16.0. The molecule has 138 valence electrons. The number of carbonyl (C=O) groups is 2. The summed E-state index contributed by atoms with van der Waals surface area (Å²) in [4.78, 5) is 23.9. The Bertz CT molecular complexity index is 993. The largest absolute Gasteiger partial charge is 0.360 e. The Morgan fingerprint density at radius 2 is 1.52 bits per heavy atom. The van der Waals surface area contributed by atoms with Gasteiger partial charge < -0.3 is 15.2 Å². The molecule has 6 nitrogen and oxygen atoms in total. The third-order valence-corrected chi connectivity index (χ3v) is 4.38. The number of nitrogens with one attached hydrogen (secondary N) is 2. The van der Waals surface area contributed by atoms with Crippen molar-refractivity contribution in [1.29, 1.82) is 0 Å². The monoisotopic (exact) mass is 403 g/mol. The van der Waals surface area contributed by atoms with Crippen LogP contribution in [0.2, 0.25) is 10.0 Å². The average molecular weight is 404 g/mol. The van der Waals surface area contributed by atoms with E-state index >= 15 is 0 Å². The smallest absolute Gasteiger partial charge is 0.261 e. The van der Waals surface area contributed by atoms with E-state index in [9.17, 15) is 9.59 Å². The lowest BCUT2D eigenvalue weighted by molar-refractivity contribution is -0.114. The Kier molecular flexibility index (Phi) is 5.48. The zero-order valence-electron chi connectivity index (χ0n) is 14.5. The molecule has 0 bridgehead atoms. The van der Waals surface area contributed by atoms with E-state index in [0.29, 0.717) is 32.7 Å². The van der Waals surface area contributed by atoms with Gasteiger partial charge in [0.2, 0.25) is 5.91 Å². The highest BCUT2D eigenvalue weighted by molar-refractivity contribution is 6.39. The summed E-state index contributed by atoms with van der Waals surface area (Å²) < 4.78 is 5.21. The molecule has 27 heavy (non-hydrogen) atoms. The molecule has 0 spiro atoms. The van der Waals surface area contributed by atoms with Crippen LogP contribution < -0.4 is 10.6 Å². The average Bonchev–Trinajstić information content (AvgIpc) is 2.97. The van der Waals surface area contributed by atoms with Crippen molar-refractivity contribution in [2.45, 2.75) is 13.8 Å². The number of benzene rings is 2. The van der Waals surface area contributed by atoms with Gasteiger partial charge in [0.15, 0.2) is 0 Å². The maximum Gasteiger partial charge on any atom is 0.261 e. The molecule has 2 N–H and O–H groups in total. The molecule has 0 aliphatic rings. The van der Waals surface area contributed by atoms with E-state index in [1.54, 1.807) is 49.4 Å². The van der Waals surface area contributed by atoms with E-state index in [4.69, 9.17) is 27.7 Å². The molecule has 8 heteroatoms. The van der Waals surface area contributed by atoms with Crippen LogP contribution >= 0.6 is 23.2 Å². The van der Waals surface area contributed by atoms with Gasteiger partial charge in [0.05, 0.1) is 10.0 Å². The molecule has 0 radical (unpaired) electrons. The Labute approximate surface area is 165 Å². The van der Waals surface area contributed by atoms with Crippen molar-refractivity contribution in [1.82, 2.24) is 5.16 Å². The lowest BCUT2D eigenvalue weighted by Crippen LogP contribution is -2.14. The van der Waals surface area contributed by atoms with Crippen LogP contribution in [0.25, 0.3) is 11.3 Å². The van der Waals surface area contributed by atoms with Crippen molar-refractivity contribution < 1.29 is 14.1 Å². The Hall–Kier alpha value is -2.83. The molecule has 1 heterocycles. The molecule has 0 unspecified atom stereocenters. The standard InChI is InChI=1S/C19H15Cl2N3O3/c1-10-16(18(24-27-10)17-14(20)4-3-5-15(17)21)19(26)23-13-8-6-12(7-9-13)22-11(2)25/h3-9H,1-2H3,(H,22,25)(H,23,26). The molecule has 0 atom stereocenters. The molecule has 0 saturated heterocycles. The summed E-state index contributed by atoms with van der Waals surface area (Å²) in [6.07, 6.45) is 0. The molecule has 0 aliphatic carbocycles. The lowest BCUT2D eigenvalue weighted by Gasteiger charge is -2.09. The van der Waals surface area contributed by atoms with Gasteiger partial charge >= 0.3 is 0 Å². The molecule has 0 aliphatic heterocycles. The van der Waals surface area contributed by atoms with Gasteiger partial charge in [-0.3, -0.25) is 9.59 Å². The number of hydrogen-bond donors (Lipinski definition) is 2. The molecular formula is C19H15Cl2N3O3. The minimum atomic E-state index is -0.410. The van der Waals surface area contributed by atoms with Crippen LogP contribution in [-0.4, -0.2) is 17.0 Å². The van der Waals surface area contributed by atoms with Gasteiger partial charge in [0.25, 0.3) is 5.91 Å². The molecular weight excluding hydrogens is 389 g/mol. The van der Waals surface area contributed by atoms with Gasteiger partial charge in [0.1, 0.15) is 17.0 Å². The van der Waals surface area contributed by atoms with Crippen molar-refractivity contribution in [2.75, 3.05) is 10.6 Å². The van der Waals surface area contributed by atoms with Gasteiger partial charge in [-0.05, 0) is 43.3 Å². The SMILES string of the molecule is CC(=O)Nc1ccc(NC(=O)c2c(-c3c(Cl)cccc3Cl)noc2C)cc1. The van der Waals surface area contributed by atoms with Gasteiger partial charge in [-0.1, -0.05) is 34.4 Å². The van der Waals surface area contributed by atoms with Crippen LogP contribution in [0.5, 0.6) is 0 Å². The summed E-state index contributed by atoms with van der Waals surface area (Å²) in [5, 5.41) is 10.1. The lowest BCUT2D eigenvalue weighted by atomic mass is 10.1. The molecule has 2 amide bonds. The summed E-state index contributed by atoms with van der Waals surface area (Å²) in [6.45, 7) is 3.06. The number of aromatic nitrogens is 1. The minimum absolute atomic E-state index is 0.173. The number of nitrogens with zero attached hydrogens (tertiary/aromatic N) is 1. The number of rotatable bonds is 4. The highest BCUT2D eigenvalue weighted by Crippen LogP contribution is 2.37. The molecule has 0 saturated carbocycles. The highest BCUT2D eigenvalue weighted by atomic mass is 35.5. The topological polar surface area (TPSA) is 84.2 Å². The summed E-state index contributed by atoms with van der Waals surface area (Å²) in [5.74, 6) is -0.242. The van der Waals surface area contributed by atoms with Gasteiger partial charge in [-0.15, -0.1) is 0 Å². The maximum absolute atomic E-state index is 12.8. The van der Waals surface area contributed by atoms with E-state index in [1.165, 1.54) is 6.92 Å². The normalized spacial score (nSPS) is 10.5. The Morgan fingerprint density at radius 3 is 2.07 bits per heavy atom. The number of aryl methyl sites for hydroxylation is 1. The minimum Gasteiger partial charge on any atom is -0.360 e. The fourth-order valence-electron chi connectivity index (χ4n) is 2.57. The first kappa shape index (κ1) is 18.9. The second kappa shape index (κ2) is 7.82. The number of amides is 2. The van der Waals surface area contributed by atoms with Crippen molar-refractivity contribution in [2.24, 2.45) is 0 Å². The summed E-state index contributed by atoms with van der Waals surface area (Å²) in [6, 6.07) is 11.7. The third kappa shape index (κ3) is 4.13. The van der Waals surface area contributed by atoms with Crippen molar-refractivity contribution in [3.05, 3.63) is 63.8 Å². The zero-order chi connectivity index (χ0) is 19.6. The Balaban J connectivity index is 1.90. The maximum atomic E-state index is 12.8. The quantitative estimate of drug-likeness (QED) is 0.629. The summed E-state index contributed by atoms with van der Waals surface area (Å²) in [7, 11) is 0. The van der Waals surface area contributed by atoms with Crippen molar-refractivity contribution in [3.63, 3.8) is 0 Å². The van der Waals surface area contributed by atoms with Gasteiger partial charge in [0, 0.05) is 23.9 Å². The van der Waals surface area contributed by atoms with Crippen LogP contribution in [-0.2, 0) is 4.79 Å². The van der Waals surface area contributed by atoms with Crippen LogP contribution in [0.3, 0.4) is 0 Å². The number of hydrogen-bond acceptors (Lipinski definition) is 4. The van der Waals surface area contributed by atoms with Crippen molar-refractivity contribution in [3.8, 4) is 11.3 Å². The molecule has 0 fully saturated rings. The summed E-state index contributed by atoms with van der Waals surface area (Å²) in [5.41, 5.74) is 2.13. The van der Waals surface area contributed by atoms with E-state index in [0.717, 1.165) is 0 Å². The molecule has 1 aromatic heterocycles. The summed E-state index contributed by atoms with van der Waals surface area (Å²) >= 11 is 12.5. The van der Waals surface area contributed by atoms with Crippen LogP contribution in [0.1, 0.15) is 23.0 Å². The highest BCUT2D eigenvalue weighted by Gasteiger charge is 2.24. The van der Waals surface area contributed by atoms with E-state index in [-0.39, 0.29) is 17.2 Å². The van der Waals surface area contributed by atoms with Gasteiger partial charge in [-0.2, -0.15) is 0 Å². The number of halogens is 2. The predicted octanol–water partition coefficient (Wildman–Crippen LogP) is 5.17. The molecule has 2 aromatic carbocycles. The first-order chi connectivity index (χ1) is 12.9. The number of anilines is 2. The Morgan fingerprint density at radius 1 is 0.963 bits per heavy atom. The fourth-order valence-corrected chi connectivity index (χ4v) is 3.14.